The van der Waals surface area contributed by atoms with Gasteiger partial charge in [-0.1, -0.05) is 77.8 Å². The van der Waals surface area contributed by atoms with Crippen LogP contribution in [-0.2, 0) is 6.61 Å². The van der Waals surface area contributed by atoms with Crippen molar-refractivity contribution in [3.63, 3.8) is 0 Å². The summed E-state index contributed by atoms with van der Waals surface area (Å²) in [6, 6.07) is 24.3. The molecule has 0 aliphatic rings. The van der Waals surface area contributed by atoms with E-state index in [2.05, 4.69) is 4.98 Å². The number of alkyl halides is 1. The Kier molecular flexibility index (Phi) is 7.05. The van der Waals surface area contributed by atoms with Crippen LogP contribution in [0.3, 0.4) is 0 Å². The third kappa shape index (κ3) is 5.10. The fraction of sp³-hybridized carbons (Fsp3) is 0.0769. The highest BCUT2D eigenvalue weighted by molar-refractivity contribution is 6.34. The van der Waals surface area contributed by atoms with Crippen molar-refractivity contribution in [2.24, 2.45) is 0 Å². The Bertz CT molecular complexity index is 1200. The van der Waals surface area contributed by atoms with Crippen molar-refractivity contribution < 1.29 is 14.3 Å². The van der Waals surface area contributed by atoms with Gasteiger partial charge in [-0.15, -0.1) is 0 Å². The van der Waals surface area contributed by atoms with Gasteiger partial charge < -0.3 is 9.47 Å². The predicted octanol–water partition coefficient (Wildman–Crippen LogP) is 7.11. The highest BCUT2D eigenvalue weighted by Crippen LogP contribution is 2.36. The first-order chi connectivity index (χ1) is 15.7. The van der Waals surface area contributed by atoms with Crippen molar-refractivity contribution in [2.75, 3.05) is 0 Å². The average Bonchev–Trinajstić information content (AvgIpc) is 2.85. The molecule has 0 spiro atoms. The van der Waals surface area contributed by atoms with Gasteiger partial charge in [0.25, 0.3) is 0 Å². The smallest absolute Gasteiger partial charge is 0.199 e. The fourth-order valence-corrected chi connectivity index (χ4v) is 3.70. The highest BCUT2D eigenvalue weighted by Gasteiger charge is 2.15. The van der Waals surface area contributed by atoms with Crippen molar-refractivity contribution in [3.05, 3.63) is 113 Å². The SMILES string of the molecule is O=Cc1ccc(OCc2cccc(-c3ccccc3)c2Cl)c(OC(Cl)c2cccnc2)c1. The number of nitrogens with zero attached hydrogens (tertiary/aromatic N) is 1. The van der Waals surface area contributed by atoms with Gasteiger partial charge in [-0.25, -0.2) is 0 Å². The van der Waals surface area contributed by atoms with Gasteiger partial charge in [0, 0.05) is 34.6 Å². The molecule has 32 heavy (non-hydrogen) atoms. The first-order valence-electron chi connectivity index (χ1n) is 9.91. The Balaban J connectivity index is 1.57. The largest absolute Gasteiger partial charge is 0.485 e. The Morgan fingerprint density at radius 3 is 2.53 bits per heavy atom. The third-order valence-corrected chi connectivity index (χ3v) is 5.61. The van der Waals surface area contributed by atoms with Gasteiger partial charge in [0.2, 0.25) is 0 Å². The van der Waals surface area contributed by atoms with E-state index in [1.165, 1.54) is 0 Å². The van der Waals surface area contributed by atoms with Gasteiger partial charge >= 0.3 is 0 Å². The molecule has 0 fully saturated rings. The van der Waals surface area contributed by atoms with E-state index in [9.17, 15) is 4.79 Å². The molecule has 1 atom stereocenters. The van der Waals surface area contributed by atoms with Gasteiger partial charge in [-0.2, -0.15) is 0 Å². The van der Waals surface area contributed by atoms with Crippen LogP contribution in [0.4, 0.5) is 0 Å². The molecular weight excluding hydrogens is 445 g/mol. The number of ether oxygens (including phenoxy) is 2. The predicted molar refractivity (Wildman–Crippen MR) is 127 cm³/mol. The van der Waals surface area contributed by atoms with Gasteiger partial charge in [0.15, 0.2) is 17.1 Å². The Labute approximate surface area is 196 Å². The molecule has 0 radical (unpaired) electrons. The van der Waals surface area contributed by atoms with Crippen LogP contribution in [0.5, 0.6) is 11.5 Å². The molecule has 6 heteroatoms. The van der Waals surface area contributed by atoms with Crippen molar-refractivity contribution in [1.82, 2.24) is 4.98 Å². The maximum Gasteiger partial charge on any atom is 0.199 e. The number of carbonyl (C=O) groups excluding carboxylic acids is 1. The number of aromatic nitrogens is 1. The summed E-state index contributed by atoms with van der Waals surface area (Å²) in [5.41, 5.74) is 3.13. The molecule has 0 saturated carbocycles. The zero-order valence-corrected chi connectivity index (χ0v) is 18.5. The number of pyridine rings is 1. The summed E-state index contributed by atoms with van der Waals surface area (Å²) in [6.07, 6.45) is 4.02. The lowest BCUT2D eigenvalue weighted by atomic mass is 10.0. The number of hydrogen-bond acceptors (Lipinski definition) is 4. The van der Waals surface area contributed by atoms with Crippen LogP contribution in [0.2, 0.25) is 5.02 Å². The van der Waals surface area contributed by atoms with E-state index in [0.29, 0.717) is 27.6 Å². The molecule has 0 amide bonds. The van der Waals surface area contributed by atoms with E-state index >= 15 is 0 Å². The van der Waals surface area contributed by atoms with Crippen LogP contribution in [0, 0.1) is 0 Å². The Hall–Kier alpha value is -3.34. The number of rotatable bonds is 8. The van der Waals surface area contributed by atoms with E-state index in [-0.39, 0.29) is 6.61 Å². The molecule has 4 rings (SSSR count). The summed E-state index contributed by atoms with van der Waals surface area (Å²) in [5, 5.41) is 0.622. The first-order valence-corrected chi connectivity index (χ1v) is 10.7. The zero-order valence-electron chi connectivity index (χ0n) is 16.9. The summed E-state index contributed by atoms with van der Waals surface area (Å²) in [7, 11) is 0. The lowest BCUT2D eigenvalue weighted by Crippen LogP contribution is -2.04. The maximum absolute atomic E-state index is 11.3. The zero-order chi connectivity index (χ0) is 22.3. The lowest BCUT2D eigenvalue weighted by molar-refractivity contribution is 0.112. The normalized spacial score (nSPS) is 11.6. The molecular formula is C26H19Cl2NO3. The molecule has 3 aromatic carbocycles. The molecule has 1 heterocycles. The van der Waals surface area contributed by atoms with E-state index in [4.69, 9.17) is 32.7 Å². The van der Waals surface area contributed by atoms with Gasteiger partial charge in [-0.05, 0) is 29.8 Å². The van der Waals surface area contributed by atoms with Crippen LogP contribution >= 0.6 is 23.2 Å². The van der Waals surface area contributed by atoms with Crippen molar-refractivity contribution in [1.29, 1.82) is 0 Å². The summed E-state index contributed by atoms with van der Waals surface area (Å²) in [6.45, 7) is 0.218. The van der Waals surface area contributed by atoms with Gasteiger partial charge in [0.05, 0.1) is 5.02 Å². The van der Waals surface area contributed by atoms with E-state index in [1.807, 2.05) is 54.6 Å². The minimum atomic E-state index is -0.794. The second-order valence-electron chi connectivity index (χ2n) is 6.98. The Morgan fingerprint density at radius 2 is 1.78 bits per heavy atom. The van der Waals surface area contributed by atoms with Crippen molar-refractivity contribution in [2.45, 2.75) is 12.2 Å². The summed E-state index contributed by atoms with van der Waals surface area (Å²) >= 11 is 13.1. The lowest BCUT2D eigenvalue weighted by Gasteiger charge is -2.17. The van der Waals surface area contributed by atoms with E-state index in [0.717, 1.165) is 23.0 Å². The second-order valence-corrected chi connectivity index (χ2v) is 7.75. The maximum atomic E-state index is 11.3. The molecule has 0 bridgehead atoms. The number of halogens is 2. The molecule has 0 aliphatic carbocycles. The van der Waals surface area contributed by atoms with Crippen LogP contribution in [0.1, 0.15) is 27.0 Å². The van der Waals surface area contributed by atoms with Crippen LogP contribution in [-0.4, -0.2) is 11.3 Å². The number of aldehydes is 1. The molecule has 0 N–H and O–H groups in total. The van der Waals surface area contributed by atoms with Crippen LogP contribution in [0.25, 0.3) is 11.1 Å². The molecule has 0 saturated heterocycles. The molecule has 1 aromatic heterocycles. The quantitative estimate of drug-likeness (QED) is 0.206. The standard InChI is InChI=1S/C26H19Cl2NO3/c27-25-21(8-4-10-22(25)19-6-2-1-3-7-19)17-31-23-12-11-18(16-30)14-24(23)32-26(28)20-9-5-13-29-15-20/h1-16,26H,17H2. The molecule has 4 aromatic rings. The molecule has 160 valence electrons. The molecule has 1 unspecified atom stereocenters. The van der Waals surface area contributed by atoms with E-state index < -0.39 is 5.56 Å². The third-order valence-electron chi connectivity index (χ3n) is 4.83. The first kappa shape index (κ1) is 21.9. The monoisotopic (exact) mass is 463 g/mol. The van der Waals surface area contributed by atoms with E-state index in [1.54, 1.807) is 36.7 Å². The molecule has 0 aliphatic heterocycles. The van der Waals surface area contributed by atoms with Crippen LogP contribution in [0.15, 0.2) is 91.3 Å². The topological polar surface area (TPSA) is 48.4 Å². The second kappa shape index (κ2) is 10.3. The summed E-state index contributed by atoms with van der Waals surface area (Å²) in [4.78, 5) is 15.3. The highest BCUT2D eigenvalue weighted by atomic mass is 35.5. The summed E-state index contributed by atoms with van der Waals surface area (Å²) in [5.74, 6) is 0.806. The van der Waals surface area contributed by atoms with Crippen molar-refractivity contribution >= 4 is 29.5 Å². The summed E-state index contributed by atoms with van der Waals surface area (Å²) < 4.78 is 11.9. The Morgan fingerprint density at radius 1 is 0.938 bits per heavy atom. The number of benzene rings is 3. The van der Waals surface area contributed by atoms with Gasteiger partial charge in [0.1, 0.15) is 12.9 Å². The van der Waals surface area contributed by atoms with Gasteiger partial charge in [-0.3, -0.25) is 9.78 Å². The fourth-order valence-electron chi connectivity index (χ4n) is 3.19. The molecule has 4 nitrogen and oxygen atoms in total. The van der Waals surface area contributed by atoms with Crippen LogP contribution < -0.4 is 9.47 Å². The average molecular weight is 464 g/mol. The van der Waals surface area contributed by atoms with Crippen molar-refractivity contribution in [3.8, 4) is 22.6 Å². The minimum Gasteiger partial charge on any atom is -0.485 e. The number of hydrogen-bond donors (Lipinski definition) is 0. The minimum absolute atomic E-state index is 0.218. The number of carbonyl (C=O) groups is 1.